The highest BCUT2D eigenvalue weighted by atomic mass is 16.5. The lowest BCUT2D eigenvalue weighted by Gasteiger charge is -2.17. The zero-order valence-corrected chi connectivity index (χ0v) is 15.0. The second kappa shape index (κ2) is 8.34. The molecule has 26 heavy (non-hydrogen) atoms. The van der Waals surface area contributed by atoms with E-state index < -0.39 is 5.97 Å². The number of carbonyl (C=O) groups is 1. The number of likely N-dealkylation sites (tertiary alicyclic amines) is 1. The summed E-state index contributed by atoms with van der Waals surface area (Å²) in [5, 5.41) is 18.4. The summed E-state index contributed by atoms with van der Waals surface area (Å²) >= 11 is 0. The summed E-state index contributed by atoms with van der Waals surface area (Å²) < 4.78 is 5.12. The van der Waals surface area contributed by atoms with Crippen molar-refractivity contribution in [1.29, 1.82) is 0 Å². The number of carboxylic acid groups (broad SMARTS) is 1. The maximum atomic E-state index is 11.4. The number of benzene rings is 2. The van der Waals surface area contributed by atoms with Crippen molar-refractivity contribution in [3.8, 4) is 5.75 Å². The number of aromatic carboxylic acids is 1. The van der Waals surface area contributed by atoms with Gasteiger partial charge in [-0.25, -0.2) is 4.79 Å². The van der Waals surface area contributed by atoms with E-state index in [0.717, 1.165) is 43.6 Å². The molecular weight excluding hydrogens is 330 g/mol. The number of hydrogen-bond donors (Lipinski definition) is 2. The van der Waals surface area contributed by atoms with Crippen molar-refractivity contribution in [3.63, 3.8) is 0 Å². The summed E-state index contributed by atoms with van der Waals surface area (Å²) in [6, 6.07) is 13.5. The Hall–Kier alpha value is -2.37. The van der Waals surface area contributed by atoms with Crippen LogP contribution in [-0.4, -0.2) is 41.3 Å². The lowest BCUT2D eigenvalue weighted by atomic mass is 9.98. The van der Waals surface area contributed by atoms with Gasteiger partial charge in [0.25, 0.3) is 0 Å². The molecule has 0 radical (unpaired) electrons. The van der Waals surface area contributed by atoms with Gasteiger partial charge in [0.1, 0.15) is 11.3 Å². The van der Waals surface area contributed by atoms with E-state index >= 15 is 0 Å². The van der Waals surface area contributed by atoms with Crippen LogP contribution in [0, 0.1) is 5.92 Å². The summed E-state index contributed by atoms with van der Waals surface area (Å²) in [5.41, 5.74) is 3.45. The Morgan fingerprint density at radius 3 is 2.50 bits per heavy atom. The zero-order valence-electron chi connectivity index (χ0n) is 15.0. The highest BCUT2D eigenvalue weighted by molar-refractivity contribution is 5.91. The van der Waals surface area contributed by atoms with E-state index in [9.17, 15) is 9.90 Å². The molecule has 0 unspecified atom stereocenters. The molecule has 1 aliphatic heterocycles. The Kier molecular flexibility index (Phi) is 5.91. The first kappa shape index (κ1) is 18.4. The van der Waals surface area contributed by atoms with Gasteiger partial charge in [-0.05, 0) is 54.1 Å². The first-order valence-corrected chi connectivity index (χ1v) is 8.90. The van der Waals surface area contributed by atoms with E-state index in [0.29, 0.717) is 11.7 Å². The molecule has 0 saturated carbocycles. The molecule has 1 heterocycles. The fourth-order valence-corrected chi connectivity index (χ4v) is 3.62. The Balaban J connectivity index is 1.58. The van der Waals surface area contributed by atoms with Crippen LogP contribution in [0.3, 0.4) is 0 Å². The predicted molar refractivity (Wildman–Crippen MR) is 99.4 cm³/mol. The van der Waals surface area contributed by atoms with E-state index in [1.165, 1.54) is 12.7 Å². The molecule has 1 atom stereocenters. The van der Waals surface area contributed by atoms with E-state index in [1.807, 2.05) is 18.2 Å². The Labute approximate surface area is 153 Å². The average molecular weight is 355 g/mol. The largest absolute Gasteiger partial charge is 0.496 e. The minimum Gasteiger partial charge on any atom is -0.496 e. The van der Waals surface area contributed by atoms with Gasteiger partial charge in [0.05, 0.1) is 13.7 Å². The fourth-order valence-electron chi connectivity index (χ4n) is 3.62. The van der Waals surface area contributed by atoms with E-state index in [2.05, 4.69) is 17.0 Å². The Morgan fingerprint density at radius 1 is 1.15 bits per heavy atom. The maximum absolute atomic E-state index is 11.4. The zero-order chi connectivity index (χ0) is 18.5. The summed E-state index contributed by atoms with van der Waals surface area (Å²) in [7, 11) is 1.49. The van der Waals surface area contributed by atoms with Gasteiger partial charge in [-0.1, -0.05) is 30.3 Å². The molecule has 0 aliphatic carbocycles. The third-order valence-electron chi connectivity index (χ3n) is 5.00. The molecule has 138 valence electrons. The standard InChI is InChI=1S/C21H25NO4/c1-26-20-7-6-17(11-19(20)21(24)25)12-22-9-8-18(13-22)10-15-2-4-16(14-23)5-3-15/h2-7,11,18,23H,8-10,12-14H2,1H3,(H,24,25)/t18-/m1/s1. The van der Waals surface area contributed by atoms with Gasteiger partial charge < -0.3 is 14.9 Å². The van der Waals surface area contributed by atoms with Crippen molar-refractivity contribution < 1.29 is 19.7 Å². The van der Waals surface area contributed by atoms with Crippen LogP contribution in [-0.2, 0) is 19.6 Å². The molecule has 3 rings (SSSR count). The van der Waals surface area contributed by atoms with Crippen molar-refractivity contribution in [1.82, 2.24) is 4.90 Å². The molecule has 5 nitrogen and oxygen atoms in total. The average Bonchev–Trinajstić information content (AvgIpc) is 3.09. The quantitative estimate of drug-likeness (QED) is 0.799. The molecule has 0 aromatic heterocycles. The highest BCUT2D eigenvalue weighted by Gasteiger charge is 2.23. The number of carboxylic acids is 1. The van der Waals surface area contributed by atoms with Crippen LogP contribution < -0.4 is 4.74 Å². The van der Waals surface area contributed by atoms with Crippen molar-refractivity contribution in [2.45, 2.75) is 26.0 Å². The monoisotopic (exact) mass is 355 g/mol. The molecule has 1 aliphatic rings. The van der Waals surface area contributed by atoms with E-state index in [1.54, 1.807) is 12.1 Å². The van der Waals surface area contributed by atoms with Crippen molar-refractivity contribution in [3.05, 3.63) is 64.7 Å². The molecule has 5 heteroatoms. The van der Waals surface area contributed by atoms with Gasteiger partial charge in [-0.3, -0.25) is 4.90 Å². The maximum Gasteiger partial charge on any atom is 0.339 e. The van der Waals surface area contributed by atoms with Crippen LogP contribution >= 0.6 is 0 Å². The molecule has 0 amide bonds. The van der Waals surface area contributed by atoms with Gasteiger partial charge >= 0.3 is 5.97 Å². The van der Waals surface area contributed by atoms with Gasteiger partial charge in [0.15, 0.2) is 0 Å². The normalized spacial score (nSPS) is 17.4. The third-order valence-corrected chi connectivity index (χ3v) is 5.00. The minimum atomic E-state index is -0.964. The van der Waals surface area contributed by atoms with Crippen LogP contribution in [0.4, 0.5) is 0 Å². The van der Waals surface area contributed by atoms with E-state index in [4.69, 9.17) is 9.84 Å². The number of methoxy groups -OCH3 is 1. The summed E-state index contributed by atoms with van der Waals surface area (Å²) in [5.74, 6) is 0.0355. The summed E-state index contributed by atoms with van der Waals surface area (Å²) in [6.07, 6.45) is 2.18. The lowest BCUT2D eigenvalue weighted by molar-refractivity contribution is 0.0693. The molecule has 2 aromatic rings. The third kappa shape index (κ3) is 4.42. The van der Waals surface area contributed by atoms with Crippen LogP contribution in [0.2, 0.25) is 0 Å². The topological polar surface area (TPSA) is 70.0 Å². The van der Waals surface area contributed by atoms with Crippen LogP contribution in [0.25, 0.3) is 0 Å². The molecule has 2 aromatic carbocycles. The highest BCUT2D eigenvalue weighted by Crippen LogP contribution is 2.25. The first-order chi connectivity index (χ1) is 12.6. The van der Waals surface area contributed by atoms with Crippen molar-refractivity contribution in [2.75, 3.05) is 20.2 Å². The lowest BCUT2D eigenvalue weighted by Crippen LogP contribution is -2.21. The SMILES string of the molecule is COc1ccc(CN2CC[C@H](Cc3ccc(CO)cc3)C2)cc1C(=O)O. The van der Waals surface area contributed by atoms with Gasteiger partial charge in [0.2, 0.25) is 0 Å². The molecule has 1 saturated heterocycles. The number of hydrogen-bond acceptors (Lipinski definition) is 4. The molecule has 0 spiro atoms. The number of aliphatic hydroxyl groups excluding tert-OH is 1. The summed E-state index contributed by atoms with van der Waals surface area (Å²) in [6.45, 7) is 2.87. The molecule has 0 bridgehead atoms. The van der Waals surface area contributed by atoms with Crippen molar-refractivity contribution in [2.24, 2.45) is 5.92 Å². The Bertz CT molecular complexity index is 757. The van der Waals surface area contributed by atoms with Crippen LogP contribution in [0.15, 0.2) is 42.5 Å². The number of aliphatic hydroxyl groups is 1. The summed E-state index contributed by atoms with van der Waals surface area (Å²) in [4.78, 5) is 13.7. The molecule has 1 fully saturated rings. The van der Waals surface area contributed by atoms with E-state index in [-0.39, 0.29) is 12.2 Å². The second-order valence-corrected chi connectivity index (χ2v) is 6.91. The van der Waals surface area contributed by atoms with Gasteiger partial charge in [-0.15, -0.1) is 0 Å². The fraction of sp³-hybridized carbons (Fsp3) is 0.381. The van der Waals surface area contributed by atoms with Crippen molar-refractivity contribution >= 4 is 5.97 Å². The molecular formula is C21H25NO4. The second-order valence-electron chi connectivity index (χ2n) is 6.91. The minimum absolute atomic E-state index is 0.0810. The number of ether oxygens (including phenoxy) is 1. The van der Waals surface area contributed by atoms with Gasteiger partial charge in [-0.2, -0.15) is 0 Å². The Morgan fingerprint density at radius 2 is 1.85 bits per heavy atom. The predicted octanol–water partition coefficient (Wildman–Crippen LogP) is 2.95. The van der Waals surface area contributed by atoms with Gasteiger partial charge in [0, 0.05) is 13.1 Å². The number of nitrogens with zero attached hydrogens (tertiary/aromatic N) is 1. The smallest absolute Gasteiger partial charge is 0.339 e. The molecule has 2 N–H and O–H groups in total. The van der Waals surface area contributed by atoms with Crippen LogP contribution in [0.1, 0.15) is 33.5 Å². The van der Waals surface area contributed by atoms with Crippen LogP contribution in [0.5, 0.6) is 5.75 Å². The first-order valence-electron chi connectivity index (χ1n) is 8.90. The number of rotatable bonds is 7.